The third-order valence-electron chi connectivity index (χ3n) is 4.27. The van der Waals surface area contributed by atoms with Crippen molar-refractivity contribution in [3.63, 3.8) is 0 Å². The number of benzene rings is 1. The summed E-state index contributed by atoms with van der Waals surface area (Å²) in [5, 5.41) is 12.9. The average Bonchev–Trinajstić information content (AvgIpc) is 2.52. The van der Waals surface area contributed by atoms with Crippen LogP contribution >= 0.6 is 15.9 Å². The molecule has 4 heteroatoms. The van der Waals surface area contributed by atoms with Crippen molar-refractivity contribution in [3.8, 4) is 0 Å². The maximum absolute atomic E-state index is 9.48. The van der Waals surface area contributed by atoms with Gasteiger partial charge in [-0.15, -0.1) is 0 Å². The van der Waals surface area contributed by atoms with Crippen LogP contribution in [0.2, 0.25) is 0 Å². The highest BCUT2D eigenvalue weighted by atomic mass is 79.9. The first-order valence-corrected chi connectivity index (χ1v) is 8.92. The normalized spacial score (nSPS) is 16.1. The van der Waals surface area contributed by atoms with Gasteiger partial charge >= 0.3 is 0 Å². The molecule has 0 spiro atoms. The SMILES string of the molecule is CCNCc1cc(Br)ccc1N(CCO)C1CCCCC1. The van der Waals surface area contributed by atoms with E-state index in [4.69, 9.17) is 0 Å². The number of aliphatic hydroxyl groups is 1. The van der Waals surface area contributed by atoms with Crippen LogP contribution in [0.3, 0.4) is 0 Å². The molecule has 0 saturated heterocycles. The Labute approximate surface area is 136 Å². The maximum Gasteiger partial charge on any atom is 0.0606 e. The number of hydrogen-bond acceptors (Lipinski definition) is 3. The quantitative estimate of drug-likeness (QED) is 0.783. The van der Waals surface area contributed by atoms with Crippen LogP contribution in [-0.4, -0.2) is 30.8 Å². The molecule has 0 bridgehead atoms. The van der Waals surface area contributed by atoms with Crippen LogP contribution in [0.4, 0.5) is 5.69 Å². The average molecular weight is 355 g/mol. The summed E-state index contributed by atoms with van der Waals surface area (Å²) in [4.78, 5) is 2.43. The van der Waals surface area contributed by atoms with Crippen molar-refractivity contribution in [2.24, 2.45) is 0 Å². The van der Waals surface area contributed by atoms with Crippen LogP contribution in [0.25, 0.3) is 0 Å². The van der Waals surface area contributed by atoms with Crippen molar-refractivity contribution in [2.75, 3.05) is 24.6 Å². The first kappa shape index (κ1) is 16.8. The predicted octanol–water partition coefficient (Wildman–Crippen LogP) is 3.69. The molecule has 1 fully saturated rings. The topological polar surface area (TPSA) is 35.5 Å². The second-order valence-electron chi connectivity index (χ2n) is 5.76. The summed E-state index contributed by atoms with van der Waals surface area (Å²) in [6.45, 7) is 4.91. The van der Waals surface area contributed by atoms with Crippen molar-refractivity contribution in [1.82, 2.24) is 5.32 Å². The summed E-state index contributed by atoms with van der Waals surface area (Å²) in [5.41, 5.74) is 2.59. The minimum absolute atomic E-state index is 0.215. The summed E-state index contributed by atoms with van der Waals surface area (Å²) in [6, 6.07) is 7.08. The number of hydrogen-bond donors (Lipinski definition) is 2. The fourth-order valence-electron chi connectivity index (χ4n) is 3.24. The lowest BCUT2D eigenvalue weighted by Gasteiger charge is -2.37. The molecule has 0 heterocycles. The molecule has 0 amide bonds. The fraction of sp³-hybridized carbons (Fsp3) is 0.647. The van der Waals surface area contributed by atoms with Crippen LogP contribution in [0, 0.1) is 0 Å². The second-order valence-corrected chi connectivity index (χ2v) is 6.68. The van der Waals surface area contributed by atoms with Gasteiger partial charge in [-0.05, 0) is 43.1 Å². The van der Waals surface area contributed by atoms with E-state index in [1.54, 1.807) is 0 Å². The van der Waals surface area contributed by atoms with E-state index in [2.05, 4.69) is 51.3 Å². The Morgan fingerprint density at radius 2 is 2.05 bits per heavy atom. The third kappa shape index (κ3) is 4.70. The molecule has 0 aromatic heterocycles. The van der Waals surface area contributed by atoms with E-state index in [1.807, 2.05) is 0 Å². The van der Waals surface area contributed by atoms with Gasteiger partial charge in [0, 0.05) is 29.3 Å². The van der Waals surface area contributed by atoms with Gasteiger partial charge in [0.15, 0.2) is 0 Å². The summed E-state index contributed by atoms with van der Waals surface area (Å²) >= 11 is 3.58. The minimum Gasteiger partial charge on any atom is -0.395 e. The van der Waals surface area contributed by atoms with Crippen molar-refractivity contribution in [1.29, 1.82) is 0 Å². The lowest BCUT2D eigenvalue weighted by molar-refractivity contribution is 0.290. The van der Waals surface area contributed by atoms with Crippen molar-refractivity contribution in [3.05, 3.63) is 28.2 Å². The Morgan fingerprint density at radius 3 is 2.71 bits per heavy atom. The number of halogens is 1. The largest absolute Gasteiger partial charge is 0.395 e. The molecule has 2 rings (SSSR count). The molecule has 2 N–H and O–H groups in total. The summed E-state index contributed by atoms with van der Waals surface area (Å²) in [5.74, 6) is 0. The first-order valence-electron chi connectivity index (χ1n) is 8.13. The molecule has 1 aromatic carbocycles. The number of anilines is 1. The molecule has 1 aliphatic carbocycles. The summed E-state index contributed by atoms with van der Waals surface area (Å²) < 4.78 is 1.12. The lowest BCUT2D eigenvalue weighted by Crippen LogP contribution is -2.39. The molecule has 118 valence electrons. The molecule has 1 saturated carbocycles. The van der Waals surface area contributed by atoms with Crippen molar-refractivity contribution >= 4 is 21.6 Å². The molecule has 0 aliphatic heterocycles. The highest BCUT2D eigenvalue weighted by Gasteiger charge is 2.22. The smallest absolute Gasteiger partial charge is 0.0606 e. The van der Waals surface area contributed by atoms with Crippen LogP contribution in [0.1, 0.15) is 44.6 Å². The minimum atomic E-state index is 0.215. The molecule has 1 aliphatic rings. The zero-order chi connectivity index (χ0) is 15.1. The van der Waals surface area contributed by atoms with Gasteiger partial charge in [-0.3, -0.25) is 0 Å². The highest BCUT2D eigenvalue weighted by Crippen LogP contribution is 2.31. The summed E-state index contributed by atoms with van der Waals surface area (Å²) in [7, 11) is 0. The van der Waals surface area contributed by atoms with Gasteiger partial charge in [-0.1, -0.05) is 42.1 Å². The molecule has 0 radical (unpaired) electrons. The number of rotatable bonds is 7. The molecular weight excluding hydrogens is 328 g/mol. The Balaban J connectivity index is 2.24. The Kier molecular flexibility index (Phi) is 7.00. The van der Waals surface area contributed by atoms with E-state index < -0.39 is 0 Å². The molecule has 0 atom stereocenters. The third-order valence-corrected chi connectivity index (χ3v) is 4.77. The van der Waals surface area contributed by atoms with Gasteiger partial charge in [0.25, 0.3) is 0 Å². The van der Waals surface area contributed by atoms with E-state index >= 15 is 0 Å². The van der Waals surface area contributed by atoms with E-state index in [0.717, 1.165) is 24.1 Å². The van der Waals surface area contributed by atoms with Crippen LogP contribution in [0.15, 0.2) is 22.7 Å². The first-order chi connectivity index (χ1) is 10.3. The molecule has 0 unspecified atom stereocenters. The zero-order valence-electron chi connectivity index (χ0n) is 12.9. The van der Waals surface area contributed by atoms with Crippen molar-refractivity contribution < 1.29 is 5.11 Å². The maximum atomic E-state index is 9.48. The predicted molar refractivity (Wildman–Crippen MR) is 92.8 cm³/mol. The molecular formula is C17H27BrN2O. The number of nitrogens with zero attached hydrogens (tertiary/aromatic N) is 1. The van der Waals surface area contributed by atoms with Gasteiger partial charge in [-0.25, -0.2) is 0 Å². The van der Waals surface area contributed by atoms with Gasteiger partial charge in [0.1, 0.15) is 0 Å². The number of nitrogens with one attached hydrogen (secondary N) is 1. The Hall–Kier alpha value is -0.580. The fourth-order valence-corrected chi connectivity index (χ4v) is 3.64. The van der Waals surface area contributed by atoms with E-state index in [-0.39, 0.29) is 6.61 Å². The van der Waals surface area contributed by atoms with Gasteiger partial charge < -0.3 is 15.3 Å². The van der Waals surface area contributed by atoms with Gasteiger partial charge in [0.2, 0.25) is 0 Å². The Morgan fingerprint density at radius 1 is 1.29 bits per heavy atom. The highest BCUT2D eigenvalue weighted by molar-refractivity contribution is 9.10. The number of aliphatic hydroxyl groups excluding tert-OH is 1. The van der Waals surface area contributed by atoms with Crippen LogP contribution in [0.5, 0.6) is 0 Å². The van der Waals surface area contributed by atoms with E-state index in [1.165, 1.54) is 43.4 Å². The standard InChI is InChI=1S/C17H27BrN2O/c1-2-19-13-14-12-15(18)8-9-17(14)20(10-11-21)16-6-4-3-5-7-16/h8-9,12,16,19,21H,2-7,10-11,13H2,1H3. The van der Waals surface area contributed by atoms with Gasteiger partial charge in [-0.2, -0.15) is 0 Å². The molecule has 3 nitrogen and oxygen atoms in total. The van der Waals surface area contributed by atoms with Crippen LogP contribution < -0.4 is 10.2 Å². The molecule has 21 heavy (non-hydrogen) atoms. The zero-order valence-corrected chi connectivity index (χ0v) is 14.5. The lowest BCUT2D eigenvalue weighted by atomic mass is 9.93. The summed E-state index contributed by atoms with van der Waals surface area (Å²) in [6.07, 6.45) is 6.47. The monoisotopic (exact) mass is 354 g/mol. The molecule has 1 aromatic rings. The Bertz CT molecular complexity index is 433. The van der Waals surface area contributed by atoms with Crippen molar-refractivity contribution in [2.45, 2.75) is 51.6 Å². The van der Waals surface area contributed by atoms with Gasteiger partial charge in [0.05, 0.1) is 6.61 Å². The van der Waals surface area contributed by atoms with E-state index in [0.29, 0.717) is 6.04 Å². The van der Waals surface area contributed by atoms with E-state index in [9.17, 15) is 5.11 Å². The van der Waals surface area contributed by atoms with Crippen LogP contribution in [-0.2, 0) is 6.54 Å². The second kappa shape index (κ2) is 8.76.